The molecule has 200 valence electrons. The first-order valence-corrected chi connectivity index (χ1v) is 13.3. The van der Waals surface area contributed by atoms with Gasteiger partial charge in [0.1, 0.15) is 5.69 Å². The predicted octanol–water partition coefficient (Wildman–Crippen LogP) is 7.16. The van der Waals surface area contributed by atoms with Crippen LogP contribution in [-0.4, -0.2) is 22.5 Å². The number of para-hydroxylation sites is 2. The number of fused-ring (bicyclic) bond motifs is 1. The second-order valence-corrected chi connectivity index (χ2v) is 9.72. The molecule has 1 atom stereocenters. The van der Waals surface area contributed by atoms with E-state index in [2.05, 4.69) is 0 Å². The van der Waals surface area contributed by atoms with Gasteiger partial charge in [-0.2, -0.15) is 0 Å². The van der Waals surface area contributed by atoms with E-state index in [1.165, 1.54) is 11.6 Å². The molecule has 0 bridgehead atoms. The van der Waals surface area contributed by atoms with Crippen LogP contribution in [0, 0.1) is 0 Å². The molecule has 1 heterocycles. The first-order chi connectivity index (χ1) is 19.4. The van der Waals surface area contributed by atoms with Crippen molar-refractivity contribution in [3.63, 3.8) is 0 Å². The summed E-state index contributed by atoms with van der Waals surface area (Å²) in [5, 5.41) is 1.61. The Balaban J connectivity index is 1.60. The molecule has 6 nitrogen and oxygen atoms in total. The van der Waals surface area contributed by atoms with Gasteiger partial charge in [-0.15, -0.1) is 0 Å². The predicted molar refractivity (Wildman–Crippen MR) is 159 cm³/mol. The first-order valence-electron chi connectivity index (χ1n) is 12.9. The van der Waals surface area contributed by atoms with Crippen molar-refractivity contribution in [2.75, 3.05) is 4.90 Å². The molecule has 0 aliphatic heterocycles. The topological polar surface area (TPSA) is 68.6 Å². The van der Waals surface area contributed by atoms with Gasteiger partial charge in [-0.3, -0.25) is 14.5 Å². The van der Waals surface area contributed by atoms with Crippen LogP contribution in [0.15, 0.2) is 114 Å². The number of benzene rings is 4. The SMILES string of the molecule is CCC(OC(=O)c1c(-c2ccc(Cl)cc2)c2ccccc2c(=O)n1C)C(=O)N(c1ccccc1)c1ccccc1. The number of hydrogen-bond acceptors (Lipinski definition) is 4. The lowest BCUT2D eigenvalue weighted by atomic mass is 9.96. The Morgan fingerprint density at radius 3 is 1.88 bits per heavy atom. The van der Waals surface area contributed by atoms with Crippen LogP contribution in [0.2, 0.25) is 5.02 Å². The van der Waals surface area contributed by atoms with Gasteiger partial charge in [-0.05, 0) is 59.8 Å². The van der Waals surface area contributed by atoms with E-state index in [4.69, 9.17) is 16.3 Å². The smallest absolute Gasteiger partial charge is 0.356 e. The number of nitrogens with zero attached hydrogens (tertiary/aromatic N) is 2. The minimum absolute atomic E-state index is 0.0586. The third-order valence-corrected chi connectivity index (χ3v) is 7.03. The fourth-order valence-corrected chi connectivity index (χ4v) is 4.93. The average Bonchev–Trinajstić information content (AvgIpc) is 2.99. The highest BCUT2D eigenvalue weighted by Crippen LogP contribution is 2.33. The van der Waals surface area contributed by atoms with Crippen molar-refractivity contribution in [3.05, 3.63) is 130 Å². The van der Waals surface area contributed by atoms with Crippen LogP contribution < -0.4 is 10.5 Å². The molecule has 0 aliphatic rings. The van der Waals surface area contributed by atoms with E-state index >= 15 is 0 Å². The van der Waals surface area contributed by atoms with E-state index in [9.17, 15) is 14.4 Å². The third-order valence-electron chi connectivity index (χ3n) is 6.77. The number of carbonyl (C=O) groups is 2. The molecule has 0 saturated heterocycles. The Hall–Kier alpha value is -4.68. The third kappa shape index (κ3) is 5.14. The second kappa shape index (κ2) is 11.6. The number of anilines is 2. The molecule has 5 rings (SSSR count). The Morgan fingerprint density at radius 2 is 1.32 bits per heavy atom. The maximum Gasteiger partial charge on any atom is 0.356 e. The summed E-state index contributed by atoms with van der Waals surface area (Å²) < 4.78 is 7.22. The fraction of sp³-hybridized carbons (Fsp3) is 0.121. The van der Waals surface area contributed by atoms with Crippen LogP contribution in [0.1, 0.15) is 23.8 Å². The number of ether oxygens (including phenoxy) is 1. The summed E-state index contributed by atoms with van der Waals surface area (Å²) in [6.45, 7) is 1.78. The van der Waals surface area contributed by atoms with Crippen LogP contribution >= 0.6 is 11.6 Å². The Morgan fingerprint density at radius 1 is 0.800 bits per heavy atom. The van der Waals surface area contributed by atoms with Gasteiger partial charge < -0.3 is 9.30 Å². The lowest BCUT2D eigenvalue weighted by Crippen LogP contribution is -2.39. The van der Waals surface area contributed by atoms with E-state index in [0.29, 0.717) is 38.3 Å². The minimum Gasteiger partial charge on any atom is -0.448 e. The number of aromatic nitrogens is 1. The van der Waals surface area contributed by atoms with Crippen molar-refractivity contribution in [2.24, 2.45) is 7.05 Å². The largest absolute Gasteiger partial charge is 0.448 e. The molecule has 0 spiro atoms. The van der Waals surface area contributed by atoms with Crippen molar-refractivity contribution in [1.82, 2.24) is 4.57 Å². The summed E-state index contributed by atoms with van der Waals surface area (Å²) in [7, 11) is 1.54. The molecule has 0 N–H and O–H groups in total. The number of hydrogen-bond donors (Lipinski definition) is 0. The summed E-state index contributed by atoms with van der Waals surface area (Å²) >= 11 is 6.14. The van der Waals surface area contributed by atoms with Gasteiger partial charge in [-0.25, -0.2) is 4.79 Å². The van der Waals surface area contributed by atoms with Crippen LogP contribution in [0.25, 0.3) is 21.9 Å². The average molecular weight is 551 g/mol. The lowest BCUT2D eigenvalue weighted by molar-refractivity contribution is -0.126. The summed E-state index contributed by atoms with van der Waals surface area (Å²) in [5.74, 6) is -1.16. The van der Waals surface area contributed by atoms with Gasteiger partial charge in [0.15, 0.2) is 6.10 Å². The summed E-state index contributed by atoms with van der Waals surface area (Å²) in [4.78, 5) is 42.7. The van der Waals surface area contributed by atoms with Crippen molar-refractivity contribution in [2.45, 2.75) is 19.4 Å². The highest BCUT2D eigenvalue weighted by molar-refractivity contribution is 6.30. The molecule has 1 aromatic heterocycles. The Labute approximate surface area is 237 Å². The van der Waals surface area contributed by atoms with E-state index in [1.54, 1.807) is 54.3 Å². The number of carbonyl (C=O) groups excluding carboxylic acids is 2. The molecule has 1 unspecified atom stereocenters. The van der Waals surface area contributed by atoms with Crippen LogP contribution in [0.3, 0.4) is 0 Å². The standard InChI is InChI=1S/C33H27ClN2O4/c1-3-28(32(38)36(24-12-6-4-7-13-24)25-14-8-5-9-15-25)40-33(39)30-29(22-18-20-23(34)21-19-22)26-16-10-11-17-27(26)31(37)35(30)2/h4-21,28H,3H2,1-2H3. The molecule has 0 radical (unpaired) electrons. The molecule has 5 aromatic rings. The van der Waals surface area contributed by atoms with Gasteiger partial charge in [0.05, 0.1) is 0 Å². The van der Waals surface area contributed by atoms with Crippen molar-refractivity contribution < 1.29 is 14.3 Å². The molecule has 0 saturated carbocycles. The molecule has 4 aromatic carbocycles. The quantitative estimate of drug-likeness (QED) is 0.202. The Bertz CT molecular complexity index is 1690. The van der Waals surface area contributed by atoms with Crippen molar-refractivity contribution in [1.29, 1.82) is 0 Å². The summed E-state index contributed by atoms with van der Waals surface area (Å²) in [6.07, 6.45) is -0.869. The van der Waals surface area contributed by atoms with Crippen molar-refractivity contribution >= 4 is 45.6 Å². The van der Waals surface area contributed by atoms with Crippen LogP contribution in [0.5, 0.6) is 0 Å². The minimum atomic E-state index is -1.10. The Kier molecular flexibility index (Phi) is 7.80. The number of rotatable bonds is 7. The molecular weight excluding hydrogens is 524 g/mol. The molecule has 1 amide bonds. The highest BCUT2D eigenvalue weighted by atomic mass is 35.5. The maximum absolute atomic E-state index is 14.0. The van der Waals surface area contributed by atoms with Crippen LogP contribution in [-0.2, 0) is 16.6 Å². The number of esters is 1. The second-order valence-electron chi connectivity index (χ2n) is 9.29. The molecule has 40 heavy (non-hydrogen) atoms. The normalized spacial score (nSPS) is 11.7. The zero-order chi connectivity index (χ0) is 28.2. The van der Waals surface area contributed by atoms with Gasteiger partial charge in [0.25, 0.3) is 11.5 Å². The van der Waals surface area contributed by atoms with Crippen LogP contribution in [0.4, 0.5) is 11.4 Å². The van der Waals surface area contributed by atoms with Gasteiger partial charge >= 0.3 is 5.97 Å². The zero-order valence-electron chi connectivity index (χ0n) is 22.1. The van der Waals surface area contributed by atoms with Gasteiger partial charge in [0.2, 0.25) is 0 Å². The molecule has 0 fully saturated rings. The number of amides is 1. The monoisotopic (exact) mass is 550 g/mol. The highest BCUT2D eigenvalue weighted by Gasteiger charge is 2.31. The van der Waals surface area contributed by atoms with Gasteiger partial charge in [-0.1, -0.05) is 85.3 Å². The summed E-state index contributed by atoms with van der Waals surface area (Å²) in [5.41, 5.74) is 2.24. The lowest BCUT2D eigenvalue weighted by Gasteiger charge is -2.27. The van der Waals surface area contributed by atoms with Crippen molar-refractivity contribution in [3.8, 4) is 11.1 Å². The van der Waals surface area contributed by atoms with Gasteiger partial charge in [0, 0.05) is 34.4 Å². The molecule has 0 aliphatic carbocycles. The molecular formula is C33H27ClN2O4. The first kappa shape index (κ1) is 26.9. The fourth-order valence-electron chi connectivity index (χ4n) is 4.81. The molecule has 7 heteroatoms. The number of halogens is 1. The zero-order valence-corrected chi connectivity index (χ0v) is 22.8. The summed E-state index contributed by atoms with van der Waals surface area (Å²) in [6, 6.07) is 32.5. The maximum atomic E-state index is 14.0. The number of pyridine rings is 1. The van der Waals surface area contributed by atoms with E-state index in [0.717, 1.165) is 0 Å². The van der Waals surface area contributed by atoms with E-state index < -0.39 is 18.0 Å². The van der Waals surface area contributed by atoms with E-state index in [1.807, 2.05) is 66.7 Å². The van der Waals surface area contributed by atoms with E-state index in [-0.39, 0.29) is 17.7 Å².